The molecule has 0 heterocycles. The van der Waals surface area contributed by atoms with Gasteiger partial charge in [0, 0.05) is 5.92 Å². The molecule has 2 N–H and O–H groups in total. The van der Waals surface area contributed by atoms with Gasteiger partial charge in [-0.15, -0.1) is 0 Å². The van der Waals surface area contributed by atoms with Gasteiger partial charge in [-0.1, -0.05) is 44.2 Å². The van der Waals surface area contributed by atoms with Crippen molar-refractivity contribution < 1.29 is 14.3 Å². The summed E-state index contributed by atoms with van der Waals surface area (Å²) in [7, 11) is 0. The maximum Gasteiger partial charge on any atom is 0.228 e. The van der Waals surface area contributed by atoms with Crippen LogP contribution in [0.2, 0.25) is 0 Å². The van der Waals surface area contributed by atoms with Gasteiger partial charge >= 0.3 is 0 Å². The third-order valence-electron chi connectivity index (χ3n) is 3.25. The lowest BCUT2D eigenvalue weighted by Gasteiger charge is -2.15. The van der Waals surface area contributed by atoms with E-state index in [1.807, 2.05) is 68.4 Å². The van der Waals surface area contributed by atoms with Crippen LogP contribution in [0.15, 0.2) is 54.6 Å². The number of benzene rings is 2. The molecule has 2 aromatic carbocycles. The summed E-state index contributed by atoms with van der Waals surface area (Å²) in [5.41, 5.74) is 0.691. The lowest BCUT2D eigenvalue weighted by Crippen LogP contribution is -2.36. The Hall–Kier alpha value is -2.60. The van der Waals surface area contributed by atoms with E-state index in [1.165, 1.54) is 0 Å². The first-order valence-corrected chi connectivity index (χ1v) is 8.48. The maximum atomic E-state index is 11.7. The summed E-state index contributed by atoms with van der Waals surface area (Å²) in [6, 6.07) is 17.0. The Morgan fingerprint density at radius 2 is 1.64 bits per heavy atom. The number of hydrogen-bond donors (Lipinski definition) is 2. The molecule has 1 amide bonds. The summed E-state index contributed by atoms with van der Waals surface area (Å²) >= 11 is 5.17. The second-order valence-corrected chi connectivity index (χ2v) is 6.01. The highest BCUT2D eigenvalue weighted by Crippen LogP contribution is 2.23. The average Bonchev–Trinajstić information content (AvgIpc) is 2.60. The quantitative estimate of drug-likeness (QED) is 0.585. The fourth-order valence-electron chi connectivity index (χ4n) is 1.93. The number of anilines is 1. The minimum absolute atomic E-state index is 0.132. The predicted molar refractivity (Wildman–Crippen MR) is 103 cm³/mol. The molecule has 5 nitrogen and oxygen atoms in total. The van der Waals surface area contributed by atoms with Crippen LogP contribution in [0.1, 0.15) is 13.8 Å². The molecule has 0 aliphatic carbocycles. The smallest absolute Gasteiger partial charge is 0.228 e. The van der Waals surface area contributed by atoms with E-state index in [0.29, 0.717) is 24.7 Å². The summed E-state index contributed by atoms with van der Waals surface area (Å²) in [6.45, 7) is 4.43. The zero-order valence-corrected chi connectivity index (χ0v) is 15.1. The molecule has 0 aliphatic rings. The van der Waals surface area contributed by atoms with Crippen molar-refractivity contribution in [2.75, 3.05) is 18.5 Å². The number of nitrogens with one attached hydrogen (secondary N) is 2. The van der Waals surface area contributed by atoms with Gasteiger partial charge in [0.1, 0.15) is 24.7 Å². The number of rotatable bonds is 7. The van der Waals surface area contributed by atoms with Crippen molar-refractivity contribution in [3.63, 3.8) is 0 Å². The Morgan fingerprint density at radius 1 is 1.00 bits per heavy atom. The van der Waals surface area contributed by atoms with Crippen molar-refractivity contribution in [1.82, 2.24) is 5.32 Å². The van der Waals surface area contributed by atoms with Crippen molar-refractivity contribution in [1.29, 1.82) is 0 Å². The first kappa shape index (κ1) is 18.7. The van der Waals surface area contributed by atoms with Crippen LogP contribution < -0.4 is 20.1 Å². The van der Waals surface area contributed by atoms with Crippen LogP contribution in [0.25, 0.3) is 0 Å². The molecule has 0 bridgehead atoms. The average molecular weight is 358 g/mol. The minimum atomic E-state index is -0.138. The van der Waals surface area contributed by atoms with Crippen LogP contribution in [0, 0.1) is 5.92 Å². The number of para-hydroxylation sites is 3. The summed E-state index contributed by atoms with van der Waals surface area (Å²) in [4.78, 5) is 11.7. The topological polar surface area (TPSA) is 59.6 Å². The molecule has 0 saturated carbocycles. The van der Waals surface area contributed by atoms with Crippen molar-refractivity contribution in [3.8, 4) is 11.5 Å². The monoisotopic (exact) mass is 358 g/mol. The van der Waals surface area contributed by atoms with E-state index in [1.54, 1.807) is 0 Å². The van der Waals surface area contributed by atoms with E-state index in [-0.39, 0.29) is 16.9 Å². The number of carbonyl (C=O) groups excluding carboxylic acids is 1. The van der Waals surface area contributed by atoms with Crippen LogP contribution in [-0.4, -0.2) is 24.2 Å². The van der Waals surface area contributed by atoms with Crippen molar-refractivity contribution >= 4 is 28.9 Å². The van der Waals surface area contributed by atoms with E-state index in [2.05, 4.69) is 10.6 Å². The van der Waals surface area contributed by atoms with Crippen LogP contribution in [0.5, 0.6) is 11.5 Å². The zero-order valence-electron chi connectivity index (χ0n) is 14.3. The molecule has 6 heteroatoms. The molecular weight excluding hydrogens is 336 g/mol. The molecule has 0 aliphatic heterocycles. The number of thiocarbonyl (C=S) groups is 1. The molecule has 0 atom stereocenters. The van der Waals surface area contributed by atoms with Crippen molar-refractivity contribution in [3.05, 3.63) is 54.6 Å². The highest BCUT2D eigenvalue weighted by molar-refractivity contribution is 7.80. The van der Waals surface area contributed by atoms with Gasteiger partial charge in [0.15, 0.2) is 5.11 Å². The molecule has 25 heavy (non-hydrogen) atoms. The summed E-state index contributed by atoms with van der Waals surface area (Å²) < 4.78 is 11.4. The Balaban J connectivity index is 1.85. The molecule has 132 valence electrons. The minimum Gasteiger partial charge on any atom is -0.490 e. The molecular formula is C19H22N2O3S. The second kappa shape index (κ2) is 9.64. The second-order valence-electron chi connectivity index (χ2n) is 5.60. The summed E-state index contributed by atoms with van der Waals surface area (Å²) in [6.07, 6.45) is 0. The molecule has 0 saturated heterocycles. The fraction of sp³-hybridized carbons (Fsp3) is 0.263. The highest BCUT2D eigenvalue weighted by atomic mass is 32.1. The Bertz CT molecular complexity index is 705. The molecule has 0 fully saturated rings. The maximum absolute atomic E-state index is 11.7. The van der Waals surface area contributed by atoms with Crippen LogP contribution in [0.3, 0.4) is 0 Å². The third-order valence-corrected chi connectivity index (χ3v) is 3.45. The molecule has 2 aromatic rings. The van der Waals surface area contributed by atoms with Gasteiger partial charge in [-0.05, 0) is 36.5 Å². The third kappa shape index (κ3) is 6.43. The normalized spacial score (nSPS) is 10.2. The zero-order chi connectivity index (χ0) is 18.1. The fourth-order valence-corrected chi connectivity index (χ4v) is 2.14. The molecule has 0 radical (unpaired) electrons. The number of hydrogen-bond acceptors (Lipinski definition) is 4. The number of carbonyl (C=O) groups is 1. The van der Waals surface area contributed by atoms with Crippen molar-refractivity contribution in [2.24, 2.45) is 5.92 Å². The molecule has 0 unspecified atom stereocenters. The number of ether oxygens (including phenoxy) is 2. The van der Waals surface area contributed by atoms with E-state index in [0.717, 1.165) is 5.75 Å². The first-order valence-electron chi connectivity index (χ1n) is 8.08. The Morgan fingerprint density at radius 3 is 2.36 bits per heavy atom. The van der Waals surface area contributed by atoms with Crippen LogP contribution in [-0.2, 0) is 4.79 Å². The predicted octanol–water partition coefficient (Wildman–Crippen LogP) is 3.61. The van der Waals surface area contributed by atoms with Gasteiger partial charge in [-0.3, -0.25) is 4.79 Å². The van der Waals surface area contributed by atoms with Gasteiger partial charge in [0.2, 0.25) is 5.91 Å². The van der Waals surface area contributed by atoms with Gasteiger partial charge < -0.3 is 20.1 Å². The largest absolute Gasteiger partial charge is 0.490 e. The van der Waals surface area contributed by atoms with Crippen LogP contribution in [0.4, 0.5) is 5.69 Å². The highest BCUT2D eigenvalue weighted by Gasteiger charge is 2.10. The van der Waals surface area contributed by atoms with E-state index < -0.39 is 0 Å². The van der Waals surface area contributed by atoms with Gasteiger partial charge in [-0.2, -0.15) is 0 Å². The molecule has 2 rings (SSSR count). The first-order chi connectivity index (χ1) is 12.1. The number of amides is 1. The van der Waals surface area contributed by atoms with Gasteiger partial charge in [0.05, 0.1) is 5.69 Å². The molecule has 0 aromatic heterocycles. The summed E-state index contributed by atoms with van der Waals surface area (Å²) in [5, 5.41) is 5.88. The van der Waals surface area contributed by atoms with Crippen LogP contribution >= 0.6 is 12.2 Å². The van der Waals surface area contributed by atoms with E-state index in [4.69, 9.17) is 21.7 Å². The van der Waals surface area contributed by atoms with Gasteiger partial charge in [0.25, 0.3) is 0 Å². The lowest BCUT2D eigenvalue weighted by atomic mass is 10.2. The van der Waals surface area contributed by atoms with Gasteiger partial charge in [-0.25, -0.2) is 0 Å². The van der Waals surface area contributed by atoms with Crippen molar-refractivity contribution in [2.45, 2.75) is 13.8 Å². The van der Waals surface area contributed by atoms with E-state index >= 15 is 0 Å². The Kier molecular flexibility index (Phi) is 7.22. The molecule has 0 spiro atoms. The standard InChI is InChI=1S/C19H22N2O3S/c1-14(2)18(22)21-19(25)20-16-10-6-7-11-17(16)24-13-12-23-15-8-4-3-5-9-15/h3-11,14H,12-13H2,1-2H3,(H2,20,21,22,25). The SMILES string of the molecule is CC(C)C(=O)NC(=S)Nc1ccccc1OCCOc1ccccc1. The van der Waals surface area contributed by atoms with E-state index in [9.17, 15) is 4.79 Å². The lowest BCUT2D eigenvalue weighted by molar-refractivity contribution is -0.122. The summed E-state index contributed by atoms with van der Waals surface area (Å²) in [5.74, 6) is 1.17. The Labute approximate surface area is 153 Å².